The zero-order chi connectivity index (χ0) is 15.1. The van der Waals surface area contributed by atoms with Gasteiger partial charge in [-0.3, -0.25) is 10.1 Å². The maximum absolute atomic E-state index is 11.6. The SMILES string of the molecule is Cc1cc(NC(=O)NCCOC(C)C)ccc1[N+](=O)[O-]. The largest absolute Gasteiger partial charge is 0.377 e. The fourth-order valence-electron chi connectivity index (χ4n) is 1.57. The smallest absolute Gasteiger partial charge is 0.319 e. The second-order valence-corrected chi connectivity index (χ2v) is 4.56. The van der Waals surface area contributed by atoms with Crippen LogP contribution in [0.4, 0.5) is 16.2 Å². The Morgan fingerprint density at radius 1 is 1.45 bits per heavy atom. The first-order valence-electron chi connectivity index (χ1n) is 6.31. The highest BCUT2D eigenvalue weighted by atomic mass is 16.6. The van der Waals surface area contributed by atoms with Crippen LogP contribution in [0.3, 0.4) is 0 Å². The molecule has 7 heteroatoms. The van der Waals surface area contributed by atoms with Crippen LogP contribution in [0.25, 0.3) is 0 Å². The summed E-state index contributed by atoms with van der Waals surface area (Å²) < 4.78 is 5.29. The Hall–Kier alpha value is -2.15. The van der Waals surface area contributed by atoms with Crippen molar-refractivity contribution in [3.05, 3.63) is 33.9 Å². The van der Waals surface area contributed by atoms with Gasteiger partial charge in [-0.1, -0.05) is 0 Å². The number of aryl methyl sites for hydroxylation is 1. The minimum absolute atomic E-state index is 0.0290. The molecule has 0 aliphatic rings. The Balaban J connectivity index is 2.46. The van der Waals surface area contributed by atoms with Crippen LogP contribution in [0.1, 0.15) is 19.4 Å². The lowest BCUT2D eigenvalue weighted by Crippen LogP contribution is -2.32. The molecule has 0 aliphatic heterocycles. The van der Waals surface area contributed by atoms with Gasteiger partial charge in [0.2, 0.25) is 0 Å². The van der Waals surface area contributed by atoms with Crippen LogP contribution in [-0.2, 0) is 4.74 Å². The summed E-state index contributed by atoms with van der Waals surface area (Å²) in [5, 5.41) is 15.9. The fourth-order valence-corrected chi connectivity index (χ4v) is 1.57. The summed E-state index contributed by atoms with van der Waals surface area (Å²) in [6, 6.07) is 4.05. The number of carbonyl (C=O) groups is 1. The van der Waals surface area contributed by atoms with Gasteiger partial charge in [0.05, 0.1) is 17.6 Å². The van der Waals surface area contributed by atoms with Gasteiger partial charge >= 0.3 is 6.03 Å². The minimum Gasteiger partial charge on any atom is -0.377 e. The van der Waals surface area contributed by atoms with E-state index in [2.05, 4.69) is 10.6 Å². The summed E-state index contributed by atoms with van der Waals surface area (Å²) in [6.45, 7) is 6.29. The number of hydrogen-bond donors (Lipinski definition) is 2. The number of anilines is 1. The Kier molecular flexibility index (Phi) is 5.92. The van der Waals surface area contributed by atoms with Crippen LogP contribution in [0, 0.1) is 17.0 Å². The minimum atomic E-state index is -0.456. The second-order valence-electron chi connectivity index (χ2n) is 4.56. The van der Waals surface area contributed by atoms with Crippen molar-refractivity contribution >= 4 is 17.4 Å². The summed E-state index contributed by atoms with van der Waals surface area (Å²) in [7, 11) is 0. The van der Waals surface area contributed by atoms with Gasteiger partial charge in [0.15, 0.2) is 0 Å². The summed E-state index contributed by atoms with van der Waals surface area (Å²) in [4.78, 5) is 21.8. The number of amides is 2. The van der Waals surface area contributed by atoms with Crippen LogP contribution in [0.2, 0.25) is 0 Å². The first-order chi connectivity index (χ1) is 9.40. The second kappa shape index (κ2) is 7.44. The van der Waals surface area contributed by atoms with Crippen LogP contribution < -0.4 is 10.6 Å². The Morgan fingerprint density at radius 2 is 2.15 bits per heavy atom. The van der Waals surface area contributed by atoms with Crippen LogP contribution in [-0.4, -0.2) is 30.2 Å². The van der Waals surface area contributed by atoms with Gasteiger partial charge in [0.1, 0.15) is 0 Å². The normalized spacial score (nSPS) is 10.4. The fraction of sp³-hybridized carbons (Fsp3) is 0.462. The first kappa shape index (κ1) is 15.9. The molecule has 0 aromatic heterocycles. The highest BCUT2D eigenvalue weighted by molar-refractivity contribution is 5.89. The predicted molar refractivity (Wildman–Crippen MR) is 75.9 cm³/mol. The van der Waals surface area contributed by atoms with Gasteiger partial charge in [0, 0.05) is 23.9 Å². The quantitative estimate of drug-likeness (QED) is 0.476. The topological polar surface area (TPSA) is 93.5 Å². The molecule has 0 saturated heterocycles. The van der Waals surface area contributed by atoms with Gasteiger partial charge < -0.3 is 15.4 Å². The highest BCUT2D eigenvalue weighted by Gasteiger charge is 2.11. The number of rotatable bonds is 6. The maximum Gasteiger partial charge on any atom is 0.319 e. The molecule has 0 bridgehead atoms. The van der Waals surface area contributed by atoms with Gasteiger partial charge in [0.25, 0.3) is 5.69 Å². The van der Waals surface area contributed by atoms with Gasteiger partial charge in [-0.25, -0.2) is 4.79 Å². The lowest BCUT2D eigenvalue weighted by Gasteiger charge is -2.10. The molecule has 0 radical (unpaired) electrons. The van der Waals surface area contributed by atoms with Gasteiger partial charge in [-0.15, -0.1) is 0 Å². The molecule has 7 nitrogen and oxygen atoms in total. The van der Waals surface area contributed by atoms with E-state index in [1.54, 1.807) is 13.0 Å². The molecule has 0 atom stereocenters. The molecule has 0 fully saturated rings. The van der Waals surface area contributed by atoms with Crippen molar-refractivity contribution in [2.45, 2.75) is 26.9 Å². The molecular weight excluding hydrogens is 262 g/mol. The highest BCUT2D eigenvalue weighted by Crippen LogP contribution is 2.21. The number of hydrogen-bond acceptors (Lipinski definition) is 4. The van der Waals surface area contributed by atoms with E-state index in [1.165, 1.54) is 12.1 Å². The number of urea groups is 1. The molecule has 1 rings (SSSR count). The molecule has 0 unspecified atom stereocenters. The zero-order valence-electron chi connectivity index (χ0n) is 11.8. The van der Waals surface area contributed by atoms with Crippen molar-refractivity contribution in [3.8, 4) is 0 Å². The number of nitro benzene ring substituents is 1. The molecule has 0 spiro atoms. The van der Waals surface area contributed by atoms with E-state index in [0.717, 1.165) is 0 Å². The molecule has 1 aromatic carbocycles. The van der Waals surface area contributed by atoms with E-state index < -0.39 is 4.92 Å². The Labute approximate surface area is 117 Å². The Morgan fingerprint density at radius 3 is 2.70 bits per heavy atom. The van der Waals surface area contributed by atoms with Crippen molar-refractivity contribution in [1.82, 2.24) is 5.32 Å². The lowest BCUT2D eigenvalue weighted by atomic mass is 10.2. The van der Waals surface area contributed by atoms with Crippen LogP contribution in [0.15, 0.2) is 18.2 Å². The van der Waals surface area contributed by atoms with Crippen LogP contribution >= 0.6 is 0 Å². The monoisotopic (exact) mass is 281 g/mol. The van der Waals surface area contributed by atoms with Crippen molar-refractivity contribution in [2.24, 2.45) is 0 Å². The molecular formula is C13H19N3O4. The molecule has 2 amide bonds. The molecule has 20 heavy (non-hydrogen) atoms. The number of benzene rings is 1. The van der Waals surface area contributed by atoms with E-state index in [0.29, 0.717) is 24.4 Å². The van der Waals surface area contributed by atoms with E-state index in [-0.39, 0.29) is 17.8 Å². The van der Waals surface area contributed by atoms with Crippen molar-refractivity contribution in [3.63, 3.8) is 0 Å². The lowest BCUT2D eigenvalue weighted by molar-refractivity contribution is -0.385. The molecule has 2 N–H and O–H groups in total. The molecule has 1 aromatic rings. The van der Waals surface area contributed by atoms with Crippen molar-refractivity contribution < 1.29 is 14.5 Å². The summed E-state index contributed by atoms with van der Waals surface area (Å²) in [6.07, 6.45) is 0.122. The van der Waals surface area contributed by atoms with Crippen LogP contribution in [0.5, 0.6) is 0 Å². The molecule has 0 saturated carbocycles. The third kappa shape index (κ3) is 5.23. The Bertz CT molecular complexity index is 489. The number of ether oxygens (including phenoxy) is 1. The maximum atomic E-state index is 11.6. The van der Waals surface area contributed by atoms with Gasteiger partial charge in [-0.05, 0) is 32.9 Å². The van der Waals surface area contributed by atoms with E-state index in [1.807, 2.05) is 13.8 Å². The van der Waals surface area contributed by atoms with E-state index in [9.17, 15) is 14.9 Å². The number of nitrogens with zero attached hydrogens (tertiary/aromatic N) is 1. The molecule has 0 heterocycles. The summed E-state index contributed by atoms with van der Waals surface area (Å²) in [5.74, 6) is 0. The molecule has 110 valence electrons. The van der Waals surface area contributed by atoms with Crippen molar-refractivity contribution in [2.75, 3.05) is 18.5 Å². The van der Waals surface area contributed by atoms with E-state index in [4.69, 9.17) is 4.74 Å². The molecule has 0 aliphatic carbocycles. The average Bonchev–Trinajstić information content (AvgIpc) is 2.34. The predicted octanol–water partition coefficient (Wildman–Crippen LogP) is 2.45. The van der Waals surface area contributed by atoms with E-state index >= 15 is 0 Å². The first-order valence-corrected chi connectivity index (χ1v) is 6.31. The number of nitro groups is 1. The zero-order valence-corrected chi connectivity index (χ0v) is 11.8. The average molecular weight is 281 g/mol. The standard InChI is InChI=1S/C13H19N3O4/c1-9(2)20-7-6-14-13(17)15-11-4-5-12(16(18)19)10(3)8-11/h4-5,8-9H,6-7H2,1-3H3,(H2,14,15,17). The van der Waals surface area contributed by atoms with Gasteiger partial charge in [-0.2, -0.15) is 0 Å². The number of carbonyl (C=O) groups excluding carboxylic acids is 1. The third-order valence-corrected chi connectivity index (χ3v) is 2.49. The third-order valence-electron chi connectivity index (χ3n) is 2.49. The van der Waals surface area contributed by atoms with Crippen molar-refractivity contribution in [1.29, 1.82) is 0 Å². The summed E-state index contributed by atoms with van der Waals surface area (Å²) >= 11 is 0. The summed E-state index contributed by atoms with van der Waals surface area (Å²) in [5.41, 5.74) is 1.03. The number of nitrogens with one attached hydrogen (secondary N) is 2.